The summed E-state index contributed by atoms with van der Waals surface area (Å²) < 4.78 is 50.7. The maximum Gasteiger partial charge on any atom is 0.264 e. The highest BCUT2D eigenvalue weighted by Gasteiger charge is 2.35. The van der Waals surface area contributed by atoms with Crippen LogP contribution in [0.1, 0.15) is 0 Å². The highest BCUT2D eigenvalue weighted by molar-refractivity contribution is 7.95. The first-order chi connectivity index (χ1) is 10.9. The van der Waals surface area contributed by atoms with Crippen LogP contribution in [0.3, 0.4) is 0 Å². The van der Waals surface area contributed by atoms with Crippen molar-refractivity contribution in [2.75, 3.05) is 10.1 Å². The predicted molar refractivity (Wildman–Crippen MR) is 89.3 cm³/mol. The van der Waals surface area contributed by atoms with Crippen LogP contribution in [0.15, 0.2) is 77.0 Å². The summed E-state index contributed by atoms with van der Waals surface area (Å²) in [5, 5.41) is 1.08. The number of sulfonamides is 1. The minimum Gasteiger partial charge on any atom is -0.258 e. The SMILES string of the molecule is O=S1(=O)C=CC(N(c2ccccc2)S(=O)(=O)c2ccccc2)C1. The molecule has 0 aromatic heterocycles. The molecule has 0 fully saturated rings. The second kappa shape index (κ2) is 5.82. The van der Waals surface area contributed by atoms with E-state index in [2.05, 4.69) is 0 Å². The number of sulfone groups is 1. The molecule has 1 heterocycles. The van der Waals surface area contributed by atoms with Crippen molar-refractivity contribution in [2.45, 2.75) is 10.9 Å². The first-order valence-electron chi connectivity index (χ1n) is 6.96. The lowest BCUT2D eigenvalue weighted by Gasteiger charge is -2.28. The van der Waals surface area contributed by atoms with Crippen LogP contribution in [0, 0.1) is 0 Å². The number of benzene rings is 2. The second-order valence-corrected chi connectivity index (χ2v) is 8.92. The van der Waals surface area contributed by atoms with Crippen molar-refractivity contribution < 1.29 is 16.8 Å². The van der Waals surface area contributed by atoms with Gasteiger partial charge in [-0.3, -0.25) is 4.31 Å². The van der Waals surface area contributed by atoms with E-state index in [1.54, 1.807) is 48.5 Å². The van der Waals surface area contributed by atoms with Gasteiger partial charge in [-0.25, -0.2) is 16.8 Å². The third kappa shape index (κ3) is 3.16. The number of anilines is 1. The van der Waals surface area contributed by atoms with E-state index in [-0.39, 0.29) is 10.6 Å². The van der Waals surface area contributed by atoms with Gasteiger partial charge in [-0.2, -0.15) is 0 Å². The van der Waals surface area contributed by atoms with Crippen LogP contribution >= 0.6 is 0 Å². The average molecular weight is 349 g/mol. The number of nitrogens with zero attached hydrogens (tertiary/aromatic N) is 1. The molecular formula is C16H15NO4S2. The summed E-state index contributed by atoms with van der Waals surface area (Å²) in [4.78, 5) is 0.126. The van der Waals surface area contributed by atoms with Gasteiger partial charge in [0.1, 0.15) is 0 Å². The Hall–Kier alpha value is -2.12. The zero-order valence-corrected chi connectivity index (χ0v) is 13.7. The topological polar surface area (TPSA) is 71.5 Å². The first kappa shape index (κ1) is 15.8. The fraction of sp³-hybridized carbons (Fsp3) is 0.125. The molecule has 0 saturated carbocycles. The van der Waals surface area contributed by atoms with E-state index < -0.39 is 25.9 Å². The second-order valence-electron chi connectivity index (χ2n) is 5.17. The van der Waals surface area contributed by atoms with Crippen molar-refractivity contribution in [3.63, 3.8) is 0 Å². The monoisotopic (exact) mass is 349 g/mol. The van der Waals surface area contributed by atoms with Crippen LogP contribution in [-0.2, 0) is 19.9 Å². The lowest BCUT2D eigenvalue weighted by molar-refractivity contribution is 0.586. The summed E-state index contributed by atoms with van der Waals surface area (Å²) in [6.07, 6.45) is 1.42. The predicted octanol–water partition coefficient (Wildman–Crippen LogP) is 2.19. The number of para-hydroxylation sites is 1. The van der Waals surface area contributed by atoms with Gasteiger partial charge in [0.15, 0.2) is 9.84 Å². The van der Waals surface area contributed by atoms with Gasteiger partial charge in [0.25, 0.3) is 10.0 Å². The molecule has 1 aliphatic rings. The smallest absolute Gasteiger partial charge is 0.258 e. The molecular weight excluding hydrogens is 334 g/mol. The molecule has 0 bridgehead atoms. The van der Waals surface area contributed by atoms with Crippen LogP contribution in [0.5, 0.6) is 0 Å². The van der Waals surface area contributed by atoms with Crippen molar-refractivity contribution >= 4 is 25.5 Å². The summed E-state index contributed by atoms with van der Waals surface area (Å²) in [5.74, 6) is -0.256. The zero-order chi connectivity index (χ0) is 16.5. The van der Waals surface area contributed by atoms with E-state index in [0.29, 0.717) is 5.69 Å². The number of rotatable bonds is 4. The average Bonchev–Trinajstić information content (AvgIpc) is 2.89. The molecule has 0 N–H and O–H groups in total. The van der Waals surface area contributed by atoms with Crippen LogP contribution in [0.2, 0.25) is 0 Å². The minimum absolute atomic E-state index is 0.126. The maximum atomic E-state index is 13.0. The molecule has 0 saturated heterocycles. The third-order valence-electron chi connectivity index (χ3n) is 3.52. The summed E-state index contributed by atoms with van der Waals surface area (Å²) >= 11 is 0. The van der Waals surface area contributed by atoms with Gasteiger partial charge in [0.05, 0.1) is 22.4 Å². The van der Waals surface area contributed by atoms with Crippen molar-refractivity contribution in [1.82, 2.24) is 0 Å². The minimum atomic E-state index is -3.87. The quantitative estimate of drug-likeness (QED) is 0.848. The molecule has 0 aliphatic carbocycles. The molecule has 1 unspecified atom stereocenters. The van der Waals surface area contributed by atoms with Crippen molar-refractivity contribution in [2.24, 2.45) is 0 Å². The summed E-state index contributed by atoms with van der Waals surface area (Å²) in [7, 11) is -7.25. The Balaban J connectivity index is 2.12. The zero-order valence-electron chi connectivity index (χ0n) is 12.1. The lowest BCUT2D eigenvalue weighted by Crippen LogP contribution is -2.41. The van der Waals surface area contributed by atoms with E-state index >= 15 is 0 Å². The van der Waals surface area contributed by atoms with E-state index in [1.165, 1.54) is 22.5 Å². The molecule has 0 spiro atoms. The molecule has 5 nitrogen and oxygen atoms in total. The van der Waals surface area contributed by atoms with Gasteiger partial charge in [-0.05, 0) is 30.3 Å². The fourth-order valence-electron chi connectivity index (χ4n) is 2.49. The van der Waals surface area contributed by atoms with Gasteiger partial charge in [-0.1, -0.05) is 36.4 Å². The highest BCUT2D eigenvalue weighted by atomic mass is 32.2. The van der Waals surface area contributed by atoms with E-state index in [0.717, 1.165) is 5.41 Å². The Morgan fingerprint density at radius 2 is 1.48 bits per heavy atom. The number of hydrogen-bond donors (Lipinski definition) is 0. The van der Waals surface area contributed by atoms with Crippen LogP contribution in [0.4, 0.5) is 5.69 Å². The summed E-state index contributed by atoms with van der Waals surface area (Å²) in [5.41, 5.74) is 0.433. The van der Waals surface area contributed by atoms with Gasteiger partial charge in [0, 0.05) is 5.41 Å². The fourth-order valence-corrected chi connectivity index (χ4v) is 5.49. The highest BCUT2D eigenvalue weighted by Crippen LogP contribution is 2.29. The molecule has 2 aromatic carbocycles. The lowest BCUT2D eigenvalue weighted by atomic mass is 10.2. The molecule has 7 heteroatoms. The van der Waals surface area contributed by atoms with Crippen LogP contribution in [0.25, 0.3) is 0 Å². The molecule has 23 heavy (non-hydrogen) atoms. The number of hydrogen-bond acceptors (Lipinski definition) is 4. The van der Waals surface area contributed by atoms with E-state index in [9.17, 15) is 16.8 Å². The van der Waals surface area contributed by atoms with E-state index in [1.807, 2.05) is 0 Å². The Bertz CT molecular complexity index is 921. The molecule has 0 amide bonds. The van der Waals surface area contributed by atoms with Gasteiger partial charge < -0.3 is 0 Å². The van der Waals surface area contributed by atoms with Gasteiger partial charge >= 0.3 is 0 Å². The Morgan fingerprint density at radius 1 is 0.913 bits per heavy atom. The van der Waals surface area contributed by atoms with Crippen molar-refractivity contribution in [1.29, 1.82) is 0 Å². The Morgan fingerprint density at radius 3 is 2.00 bits per heavy atom. The van der Waals surface area contributed by atoms with Crippen LogP contribution < -0.4 is 4.31 Å². The van der Waals surface area contributed by atoms with Crippen molar-refractivity contribution in [3.05, 3.63) is 72.1 Å². The summed E-state index contributed by atoms with van der Waals surface area (Å²) in [6, 6.07) is 15.8. The normalized spacial score (nSPS) is 19.6. The Kier molecular flexibility index (Phi) is 3.99. The molecule has 120 valence electrons. The molecule has 1 aliphatic heterocycles. The standard InChI is InChI=1S/C16H15NO4S2/c18-22(19)12-11-15(13-22)17(14-7-3-1-4-8-14)23(20,21)16-9-5-2-6-10-16/h1-12,15H,13H2. The molecule has 2 aromatic rings. The summed E-state index contributed by atoms with van der Waals surface area (Å²) in [6.45, 7) is 0. The third-order valence-corrected chi connectivity index (χ3v) is 6.77. The first-order valence-corrected chi connectivity index (χ1v) is 10.1. The Labute approximate surface area is 135 Å². The largest absolute Gasteiger partial charge is 0.264 e. The van der Waals surface area contributed by atoms with Gasteiger partial charge in [-0.15, -0.1) is 0 Å². The van der Waals surface area contributed by atoms with Crippen molar-refractivity contribution in [3.8, 4) is 0 Å². The molecule has 3 rings (SSSR count). The molecule has 0 radical (unpaired) electrons. The van der Waals surface area contributed by atoms with Gasteiger partial charge in [0.2, 0.25) is 0 Å². The molecule has 1 atom stereocenters. The maximum absolute atomic E-state index is 13.0. The van der Waals surface area contributed by atoms with Crippen LogP contribution in [-0.4, -0.2) is 28.6 Å². The van der Waals surface area contributed by atoms with E-state index in [4.69, 9.17) is 0 Å².